The number of nitrogens with one attached hydrogen (secondary N) is 4. The first-order valence-electron chi connectivity index (χ1n) is 10.1. The van der Waals surface area contributed by atoms with Gasteiger partial charge in [-0.2, -0.15) is 0 Å². The minimum atomic E-state index is -1.81. The number of nitrogens with two attached hydrogens (primary N) is 2. The van der Waals surface area contributed by atoms with Gasteiger partial charge in [-0.3, -0.25) is 28.8 Å². The average Bonchev–Trinajstić information content (AvgIpc) is 3.23. The number of carbonyl (C=O) groups is 7. The number of amides is 5. The Morgan fingerprint density at radius 1 is 0.848 bits per heavy atom. The number of carboxylic acid groups (broad SMARTS) is 2. The van der Waals surface area contributed by atoms with Crippen LogP contribution in [0.4, 0.5) is 0 Å². The quantitative estimate of drug-likeness (QED) is 0.121. The molecule has 0 bridgehead atoms. The van der Waals surface area contributed by atoms with Crippen molar-refractivity contribution >= 4 is 41.5 Å². The van der Waals surface area contributed by atoms with E-state index < -0.39 is 78.5 Å². The molecule has 4 atom stereocenters. The SMILES string of the molecule is NC(=O)CCC(NC(=O)C(CC(N)=O)NC(=O)C1CCCN1)C(=O)NC(CC(=O)O)C(=O)O. The lowest BCUT2D eigenvalue weighted by Gasteiger charge is -2.24. The van der Waals surface area contributed by atoms with E-state index in [9.17, 15) is 33.6 Å². The maximum absolute atomic E-state index is 12.7. The van der Waals surface area contributed by atoms with Gasteiger partial charge in [-0.25, -0.2) is 4.79 Å². The van der Waals surface area contributed by atoms with Crippen molar-refractivity contribution in [2.45, 2.75) is 62.7 Å². The fourth-order valence-corrected chi connectivity index (χ4v) is 3.07. The minimum Gasteiger partial charge on any atom is -0.481 e. The van der Waals surface area contributed by atoms with E-state index in [2.05, 4.69) is 16.0 Å². The van der Waals surface area contributed by atoms with Gasteiger partial charge in [-0.1, -0.05) is 0 Å². The third kappa shape index (κ3) is 9.94. The van der Waals surface area contributed by atoms with Gasteiger partial charge in [0.25, 0.3) is 0 Å². The van der Waals surface area contributed by atoms with Crippen molar-refractivity contribution in [3.63, 3.8) is 0 Å². The molecule has 1 fully saturated rings. The first-order chi connectivity index (χ1) is 15.4. The van der Waals surface area contributed by atoms with Gasteiger partial charge < -0.3 is 42.9 Å². The second-order valence-electron chi connectivity index (χ2n) is 7.44. The molecule has 1 rings (SSSR count). The largest absolute Gasteiger partial charge is 0.481 e. The lowest BCUT2D eigenvalue weighted by atomic mass is 10.1. The van der Waals surface area contributed by atoms with Crippen LogP contribution in [0.3, 0.4) is 0 Å². The van der Waals surface area contributed by atoms with Crippen molar-refractivity contribution in [3.05, 3.63) is 0 Å². The fraction of sp³-hybridized carbons (Fsp3) is 0.611. The first-order valence-corrected chi connectivity index (χ1v) is 10.1. The van der Waals surface area contributed by atoms with E-state index in [0.717, 1.165) is 6.42 Å². The highest BCUT2D eigenvalue weighted by Gasteiger charge is 2.32. The molecule has 33 heavy (non-hydrogen) atoms. The number of hydrogen-bond donors (Lipinski definition) is 8. The second kappa shape index (κ2) is 12.9. The number of carbonyl (C=O) groups excluding carboxylic acids is 5. The van der Waals surface area contributed by atoms with E-state index in [1.807, 2.05) is 5.32 Å². The molecule has 0 saturated carbocycles. The summed E-state index contributed by atoms with van der Waals surface area (Å²) in [5.41, 5.74) is 10.2. The van der Waals surface area contributed by atoms with Gasteiger partial charge >= 0.3 is 11.9 Å². The zero-order chi connectivity index (χ0) is 25.1. The van der Waals surface area contributed by atoms with Crippen LogP contribution in [0.25, 0.3) is 0 Å². The highest BCUT2D eigenvalue weighted by molar-refractivity contribution is 5.96. The molecule has 1 heterocycles. The van der Waals surface area contributed by atoms with Crippen LogP contribution < -0.4 is 32.7 Å². The lowest BCUT2D eigenvalue weighted by molar-refractivity contribution is -0.147. The van der Waals surface area contributed by atoms with Crippen LogP contribution in [0.2, 0.25) is 0 Å². The Morgan fingerprint density at radius 3 is 1.94 bits per heavy atom. The predicted octanol–water partition coefficient (Wildman–Crippen LogP) is -4.11. The summed E-state index contributed by atoms with van der Waals surface area (Å²) in [5, 5.41) is 27.4. The number of primary amides is 2. The van der Waals surface area contributed by atoms with Crippen LogP contribution in [0.15, 0.2) is 0 Å². The van der Waals surface area contributed by atoms with Crippen LogP contribution in [-0.4, -0.2) is 82.4 Å². The number of aliphatic carboxylic acids is 2. The molecule has 0 radical (unpaired) electrons. The summed E-state index contributed by atoms with van der Waals surface area (Å²) in [4.78, 5) is 82.2. The van der Waals surface area contributed by atoms with E-state index >= 15 is 0 Å². The normalized spacial score (nSPS) is 17.8. The molecule has 0 aromatic heterocycles. The summed E-state index contributed by atoms with van der Waals surface area (Å²) in [6.07, 6.45) is -1.01. The summed E-state index contributed by atoms with van der Waals surface area (Å²) in [6, 6.07) is -5.35. The second-order valence-corrected chi connectivity index (χ2v) is 7.44. The van der Waals surface area contributed by atoms with E-state index in [-0.39, 0.29) is 12.8 Å². The Hall–Kier alpha value is -3.75. The highest BCUT2D eigenvalue weighted by Crippen LogP contribution is 2.07. The van der Waals surface area contributed by atoms with Gasteiger partial charge in [-0.05, 0) is 25.8 Å². The molecule has 15 nitrogen and oxygen atoms in total. The predicted molar refractivity (Wildman–Crippen MR) is 109 cm³/mol. The smallest absolute Gasteiger partial charge is 0.326 e. The van der Waals surface area contributed by atoms with Gasteiger partial charge in [0.05, 0.1) is 18.9 Å². The summed E-state index contributed by atoms with van der Waals surface area (Å²) in [6.45, 7) is 0.598. The van der Waals surface area contributed by atoms with Crippen LogP contribution in [0.5, 0.6) is 0 Å². The van der Waals surface area contributed by atoms with Crippen molar-refractivity contribution in [3.8, 4) is 0 Å². The zero-order valence-electron chi connectivity index (χ0n) is 17.7. The molecule has 1 aliphatic rings. The molecule has 0 aliphatic carbocycles. The Kier molecular flexibility index (Phi) is 10.7. The van der Waals surface area contributed by atoms with E-state index in [4.69, 9.17) is 21.7 Å². The van der Waals surface area contributed by atoms with Gasteiger partial charge in [0.15, 0.2) is 0 Å². The lowest BCUT2D eigenvalue weighted by Crippen LogP contribution is -2.57. The Morgan fingerprint density at radius 2 is 1.45 bits per heavy atom. The van der Waals surface area contributed by atoms with E-state index in [0.29, 0.717) is 13.0 Å². The maximum atomic E-state index is 12.7. The topological polar surface area (TPSA) is 260 Å². The Labute approximate surface area is 188 Å². The molecular weight excluding hydrogens is 444 g/mol. The van der Waals surface area contributed by atoms with Gasteiger partial charge in [0, 0.05) is 6.42 Å². The third-order valence-corrected chi connectivity index (χ3v) is 4.72. The number of hydrogen-bond acceptors (Lipinski definition) is 8. The minimum absolute atomic E-state index is 0.353. The molecular formula is C18H28N6O9. The molecule has 0 spiro atoms. The first kappa shape index (κ1) is 27.3. The molecule has 184 valence electrons. The van der Waals surface area contributed by atoms with Crippen molar-refractivity contribution in [1.29, 1.82) is 0 Å². The monoisotopic (exact) mass is 472 g/mol. The van der Waals surface area contributed by atoms with Crippen LogP contribution >= 0.6 is 0 Å². The van der Waals surface area contributed by atoms with E-state index in [1.54, 1.807) is 0 Å². The molecule has 1 aliphatic heterocycles. The highest BCUT2D eigenvalue weighted by atomic mass is 16.4. The molecule has 0 aromatic rings. The van der Waals surface area contributed by atoms with Crippen molar-refractivity contribution < 1.29 is 43.8 Å². The zero-order valence-corrected chi connectivity index (χ0v) is 17.7. The summed E-state index contributed by atoms with van der Waals surface area (Å²) in [5.74, 6) is -7.51. The molecule has 1 saturated heterocycles. The van der Waals surface area contributed by atoms with Crippen molar-refractivity contribution in [2.75, 3.05) is 6.54 Å². The molecule has 5 amide bonds. The molecule has 15 heteroatoms. The maximum Gasteiger partial charge on any atom is 0.326 e. The molecule has 4 unspecified atom stereocenters. The van der Waals surface area contributed by atoms with Gasteiger partial charge in [-0.15, -0.1) is 0 Å². The van der Waals surface area contributed by atoms with Crippen molar-refractivity contribution in [1.82, 2.24) is 21.3 Å². The van der Waals surface area contributed by atoms with Gasteiger partial charge in [0.1, 0.15) is 18.1 Å². The standard InChI is InChI=1S/C18H28N6O9/c19-12(25)4-3-9(16(30)24-11(18(32)33)7-14(27)28)22-17(31)10(6-13(20)26)23-15(29)8-2-1-5-21-8/h8-11,21H,1-7H2,(H2,19,25)(H2,20,26)(H,22,31)(H,23,29)(H,24,30)(H,27,28)(H,32,33). The number of rotatable bonds is 14. The number of carboxylic acids is 2. The summed E-state index contributed by atoms with van der Waals surface area (Å²) >= 11 is 0. The van der Waals surface area contributed by atoms with Crippen LogP contribution in [0.1, 0.15) is 38.5 Å². The third-order valence-electron chi connectivity index (χ3n) is 4.72. The summed E-state index contributed by atoms with van der Waals surface area (Å²) < 4.78 is 0. The fourth-order valence-electron chi connectivity index (χ4n) is 3.07. The van der Waals surface area contributed by atoms with E-state index in [1.165, 1.54) is 0 Å². The molecule has 0 aromatic carbocycles. The Balaban J connectivity index is 2.97. The summed E-state index contributed by atoms with van der Waals surface area (Å²) in [7, 11) is 0. The average molecular weight is 472 g/mol. The van der Waals surface area contributed by atoms with Gasteiger partial charge in [0.2, 0.25) is 29.5 Å². The van der Waals surface area contributed by atoms with Crippen molar-refractivity contribution in [2.24, 2.45) is 11.5 Å². The molecule has 10 N–H and O–H groups in total. The van der Waals surface area contributed by atoms with Crippen LogP contribution in [-0.2, 0) is 33.6 Å². The van der Waals surface area contributed by atoms with Crippen LogP contribution in [0, 0.1) is 0 Å². The Bertz CT molecular complexity index is 796.